The van der Waals surface area contributed by atoms with Gasteiger partial charge in [-0.05, 0) is 24.0 Å². The number of rotatable bonds is 3. The van der Waals surface area contributed by atoms with Crippen LogP contribution in [-0.2, 0) is 0 Å². The van der Waals surface area contributed by atoms with E-state index in [4.69, 9.17) is 0 Å². The second-order valence-corrected chi connectivity index (χ2v) is 6.65. The topological polar surface area (TPSA) is 75.4 Å². The van der Waals surface area contributed by atoms with Crippen molar-refractivity contribution in [3.05, 3.63) is 46.0 Å². The van der Waals surface area contributed by atoms with Crippen LogP contribution in [-0.4, -0.2) is 22.7 Å². The highest BCUT2D eigenvalue weighted by Crippen LogP contribution is 2.49. The Kier molecular flexibility index (Phi) is 3.24. The van der Waals surface area contributed by atoms with Crippen molar-refractivity contribution in [3.8, 4) is 0 Å². The average Bonchev–Trinajstić information content (AvgIpc) is 2.95. The lowest BCUT2D eigenvalue weighted by atomic mass is 9.69. The lowest BCUT2D eigenvalue weighted by Gasteiger charge is -2.44. The van der Waals surface area contributed by atoms with Crippen LogP contribution in [0.25, 0.3) is 0 Å². The van der Waals surface area contributed by atoms with Crippen LogP contribution >= 0.6 is 0 Å². The number of hydrogen-bond donors (Lipinski definition) is 2. The van der Waals surface area contributed by atoms with Gasteiger partial charge in [0.05, 0.1) is 11.5 Å². The molecule has 1 aliphatic carbocycles. The zero-order valence-corrected chi connectivity index (χ0v) is 12.2. The molecule has 0 saturated heterocycles. The molecule has 0 radical (unpaired) electrons. The van der Waals surface area contributed by atoms with Gasteiger partial charge in [0.1, 0.15) is 0 Å². The van der Waals surface area contributed by atoms with E-state index in [1.54, 1.807) is 12.1 Å². The van der Waals surface area contributed by atoms with E-state index in [0.29, 0.717) is 5.92 Å². The first-order valence-electron chi connectivity index (χ1n) is 7.26. The Morgan fingerprint density at radius 1 is 1.48 bits per heavy atom. The van der Waals surface area contributed by atoms with Crippen molar-refractivity contribution in [1.82, 2.24) is 0 Å². The molecule has 5 heteroatoms. The van der Waals surface area contributed by atoms with Crippen molar-refractivity contribution in [2.24, 2.45) is 11.3 Å². The van der Waals surface area contributed by atoms with Gasteiger partial charge in [0.15, 0.2) is 0 Å². The Bertz CT molecular complexity index is 610. The molecule has 0 amide bonds. The number of allylic oxidation sites excluding steroid dienone is 2. The van der Waals surface area contributed by atoms with E-state index in [1.165, 1.54) is 6.07 Å². The highest BCUT2D eigenvalue weighted by atomic mass is 16.6. The highest BCUT2D eigenvalue weighted by molar-refractivity contribution is 5.62. The minimum Gasteiger partial charge on any atom is -0.396 e. The highest BCUT2D eigenvalue weighted by Gasteiger charge is 2.44. The van der Waals surface area contributed by atoms with Crippen molar-refractivity contribution in [1.29, 1.82) is 0 Å². The Morgan fingerprint density at radius 3 is 2.90 bits per heavy atom. The van der Waals surface area contributed by atoms with Crippen LogP contribution in [0.1, 0.15) is 31.7 Å². The number of nitrogens with one attached hydrogen (secondary N) is 1. The number of benzene rings is 1. The van der Waals surface area contributed by atoms with Crippen LogP contribution in [0.3, 0.4) is 0 Å². The molecule has 1 aromatic carbocycles. The number of hydrogen-bond acceptors (Lipinski definition) is 4. The Morgan fingerprint density at radius 2 is 2.24 bits per heavy atom. The summed E-state index contributed by atoms with van der Waals surface area (Å²) in [7, 11) is 0. The normalized spacial score (nSPS) is 26.9. The van der Waals surface area contributed by atoms with E-state index >= 15 is 0 Å². The molecule has 2 aliphatic rings. The number of non-ortho nitro benzene ring substituents is 1. The van der Waals surface area contributed by atoms with Crippen molar-refractivity contribution in [2.75, 3.05) is 11.9 Å². The van der Waals surface area contributed by atoms with Gasteiger partial charge in [-0.3, -0.25) is 10.1 Å². The van der Waals surface area contributed by atoms with Crippen molar-refractivity contribution in [2.45, 2.75) is 32.2 Å². The fraction of sp³-hybridized carbons (Fsp3) is 0.500. The minimum absolute atomic E-state index is 0.107. The van der Waals surface area contributed by atoms with E-state index in [-0.39, 0.29) is 34.6 Å². The van der Waals surface area contributed by atoms with Gasteiger partial charge in [-0.15, -0.1) is 0 Å². The standard InChI is InChI=1S/C16H20N2O3/c1-16(2,9-19)15-12-5-3-4-11(12)13-8-10(18(20)21)6-7-14(13)17-15/h3-4,6-8,11-12,15,17,19H,5,9H2,1-2H3/t11-,12-,15-/m1/s1. The Hall–Kier alpha value is -1.88. The molecule has 0 spiro atoms. The van der Waals surface area contributed by atoms with Gasteiger partial charge in [0.25, 0.3) is 5.69 Å². The monoisotopic (exact) mass is 288 g/mol. The largest absolute Gasteiger partial charge is 0.396 e. The summed E-state index contributed by atoms with van der Waals surface area (Å²) < 4.78 is 0. The smallest absolute Gasteiger partial charge is 0.269 e. The van der Waals surface area contributed by atoms with Crippen LogP contribution in [0.4, 0.5) is 11.4 Å². The molecule has 0 fully saturated rings. The van der Waals surface area contributed by atoms with Gasteiger partial charge < -0.3 is 10.4 Å². The third kappa shape index (κ3) is 2.21. The second-order valence-electron chi connectivity index (χ2n) is 6.65. The molecule has 0 aromatic heterocycles. The molecular weight excluding hydrogens is 268 g/mol. The molecule has 1 heterocycles. The quantitative estimate of drug-likeness (QED) is 0.509. The van der Waals surface area contributed by atoms with Crippen molar-refractivity contribution in [3.63, 3.8) is 0 Å². The molecule has 0 unspecified atom stereocenters. The number of aliphatic hydroxyl groups is 1. The maximum Gasteiger partial charge on any atom is 0.269 e. The minimum atomic E-state index is -0.350. The maximum absolute atomic E-state index is 11.0. The van der Waals surface area contributed by atoms with E-state index in [9.17, 15) is 15.2 Å². The van der Waals surface area contributed by atoms with Crippen LogP contribution in [0, 0.1) is 21.4 Å². The lowest BCUT2D eigenvalue weighted by Crippen LogP contribution is -2.47. The fourth-order valence-electron chi connectivity index (χ4n) is 3.57. The van der Waals surface area contributed by atoms with Crippen LogP contribution in [0.15, 0.2) is 30.4 Å². The van der Waals surface area contributed by atoms with E-state index in [2.05, 4.69) is 31.3 Å². The van der Waals surface area contributed by atoms with Crippen LogP contribution in [0.5, 0.6) is 0 Å². The van der Waals surface area contributed by atoms with Gasteiger partial charge in [-0.2, -0.15) is 0 Å². The summed E-state index contributed by atoms with van der Waals surface area (Å²) in [6.45, 7) is 4.21. The van der Waals surface area contributed by atoms with Crippen molar-refractivity contribution >= 4 is 11.4 Å². The van der Waals surface area contributed by atoms with Gasteiger partial charge in [0.2, 0.25) is 0 Å². The molecule has 1 aromatic rings. The Balaban J connectivity index is 2.05. The van der Waals surface area contributed by atoms with E-state index in [1.807, 2.05) is 0 Å². The predicted molar refractivity (Wildman–Crippen MR) is 81.4 cm³/mol. The third-order valence-electron chi connectivity index (χ3n) is 4.81. The van der Waals surface area contributed by atoms with Crippen molar-refractivity contribution < 1.29 is 10.0 Å². The molecule has 1 aliphatic heterocycles. The van der Waals surface area contributed by atoms with Crippen LogP contribution in [0.2, 0.25) is 0 Å². The van der Waals surface area contributed by atoms with Gasteiger partial charge in [0, 0.05) is 35.2 Å². The number of nitro benzene ring substituents is 1. The maximum atomic E-state index is 11.0. The van der Waals surface area contributed by atoms with Gasteiger partial charge >= 0.3 is 0 Å². The SMILES string of the molecule is CC(C)(CO)[C@@H]1Nc2ccc([N+](=O)[O-])cc2[C@@H]2C=CC[C@@H]12. The first-order valence-corrected chi connectivity index (χ1v) is 7.26. The first-order chi connectivity index (χ1) is 9.94. The number of aliphatic hydroxyl groups excluding tert-OH is 1. The number of fused-ring (bicyclic) bond motifs is 3. The summed E-state index contributed by atoms with van der Waals surface area (Å²) in [6, 6.07) is 5.15. The molecule has 5 nitrogen and oxygen atoms in total. The molecule has 0 saturated carbocycles. The molecule has 21 heavy (non-hydrogen) atoms. The summed E-state index contributed by atoms with van der Waals surface area (Å²) in [6.07, 6.45) is 5.23. The molecule has 0 bridgehead atoms. The lowest BCUT2D eigenvalue weighted by molar-refractivity contribution is -0.384. The Labute approximate surface area is 123 Å². The number of nitrogens with zero attached hydrogens (tertiary/aromatic N) is 1. The molecule has 112 valence electrons. The van der Waals surface area contributed by atoms with Gasteiger partial charge in [-0.1, -0.05) is 26.0 Å². The zero-order valence-electron chi connectivity index (χ0n) is 12.2. The summed E-state index contributed by atoms with van der Waals surface area (Å²) >= 11 is 0. The summed E-state index contributed by atoms with van der Waals surface area (Å²) in [5, 5.41) is 24.2. The molecule has 3 rings (SSSR count). The summed E-state index contributed by atoms with van der Waals surface area (Å²) in [5.74, 6) is 0.527. The van der Waals surface area contributed by atoms with E-state index in [0.717, 1.165) is 17.7 Å². The molecular formula is C16H20N2O3. The predicted octanol–water partition coefficient (Wildman–Crippen LogP) is 3.07. The summed E-state index contributed by atoms with van der Waals surface area (Å²) in [4.78, 5) is 10.6. The van der Waals surface area contributed by atoms with Crippen LogP contribution < -0.4 is 5.32 Å². The third-order valence-corrected chi connectivity index (χ3v) is 4.81. The van der Waals surface area contributed by atoms with Gasteiger partial charge in [-0.25, -0.2) is 0 Å². The first kappa shape index (κ1) is 14.1. The second kappa shape index (κ2) is 4.84. The molecule has 2 N–H and O–H groups in total. The van der Waals surface area contributed by atoms with E-state index < -0.39 is 0 Å². The molecule has 3 atom stereocenters. The number of anilines is 1. The number of nitro groups is 1. The zero-order chi connectivity index (χ0) is 15.2. The summed E-state index contributed by atoms with van der Waals surface area (Å²) in [5.41, 5.74) is 1.83. The fourth-order valence-corrected chi connectivity index (χ4v) is 3.57. The average molecular weight is 288 g/mol.